The maximum absolute atomic E-state index is 12.7. The van der Waals surface area contributed by atoms with Gasteiger partial charge in [-0.15, -0.1) is 10.2 Å². The highest BCUT2D eigenvalue weighted by molar-refractivity contribution is 7.98. The summed E-state index contributed by atoms with van der Waals surface area (Å²) >= 11 is 1.39. The van der Waals surface area contributed by atoms with Crippen LogP contribution in [0, 0.1) is 0 Å². The number of alkyl carbamates (subject to hydrolysis) is 1. The van der Waals surface area contributed by atoms with E-state index in [0.29, 0.717) is 37.1 Å². The molecule has 200 valence electrons. The van der Waals surface area contributed by atoms with Crippen LogP contribution in [0.3, 0.4) is 0 Å². The first-order valence-corrected chi connectivity index (χ1v) is 13.2. The van der Waals surface area contributed by atoms with Crippen LogP contribution < -0.4 is 16.4 Å². The maximum atomic E-state index is 12.7. The maximum Gasteiger partial charge on any atom is 0.407 e. The van der Waals surface area contributed by atoms with E-state index in [1.54, 1.807) is 18.4 Å². The summed E-state index contributed by atoms with van der Waals surface area (Å²) in [5.41, 5.74) is 5.91. The monoisotopic (exact) mass is 522 g/mol. The van der Waals surface area contributed by atoms with Crippen LogP contribution >= 0.6 is 11.8 Å². The molecule has 0 saturated carbocycles. The molecular weight excluding hydrogens is 484 g/mol. The smallest absolute Gasteiger partial charge is 0.407 e. The molecule has 0 bridgehead atoms. The van der Waals surface area contributed by atoms with Crippen molar-refractivity contribution < 1.29 is 24.2 Å². The number of carbonyl (C=O) groups is 2. The minimum absolute atomic E-state index is 0.0923. The summed E-state index contributed by atoms with van der Waals surface area (Å²) in [7, 11) is 0. The number of nitrogens with two attached hydrogens (primary N) is 1. The molecule has 0 aliphatic heterocycles. The zero-order chi connectivity index (χ0) is 26.4. The van der Waals surface area contributed by atoms with Gasteiger partial charge in [-0.25, -0.2) is 4.79 Å². The topological polar surface area (TPSA) is 154 Å². The Labute approximate surface area is 216 Å². The molecule has 12 heteroatoms. The third-order valence-electron chi connectivity index (χ3n) is 5.18. The van der Waals surface area contributed by atoms with Gasteiger partial charge in [-0.05, 0) is 44.9 Å². The molecule has 36 heavy (non-hydrogen) atoms. The van der Waals surface area contributed by atoms with Gasteiger partial charge in [-0.3, -0.25) is 4.79 Å². The number of benzene rings is 1. The highest BCUT2D eigenvalue weighted by atomic mass is 32.2. The molecule has 1 heterocycles. The van der Waals surface area contributed by atoms with E-state index in [-0.39, 0.29) is 25.7 Å². The number of thioether (sulfide) groups is 1. The van der Waals surface area contributed by atoms with Gasteiger partial charge in [-0.1, -0.05) is 42.1 Å². The zero-order valence-corrected chi connectivity index (χ0v) is 22.1. The average Bonchev–Trinajstić information content (AvgIpc) is 3.26. The average molecular weight is 523 g/mol. The highest BCUT2D eigenvalue weighted by Crippen LogP contribution is 2.20. The standard InChI is InChI=1S/C24H38N6O5S/c1-24(2,25)21(32)27-19(17-34-16-18-10-6-4-7-11-18)20-28-29-22(36-3)30(20)13-15-35-23(33)26-12-8-5-9-14-31/h4,6-7,10-11,19,31H,5,8-9,12-17,25H2,1-3H3,(H,26,33)(H,27,32). The first kappa shape index (κ1) is 29.6. The summed E-state index contributed by atoms with van der Waals surface area (Å²) in [6.07, 6.45) is 3.66. The first-order chi connectivity index (χ1) is 17.3. The lowest BCUT2D eigenvalue weighted by Gasteiger charge is -2.24. The molecule has 1 aromatic heterocycles. The number of rotatable bonds is 16. The Morgan fingerprint density at radius 2 is 1.94 bits per heavy atom. The van der Waals surface area contributed by atoms with E-state index in [2.05, 4.69) is 20.8 Å². The summed E-state index contributed by atoms with van der Waals surface area (Å²) in [6.45, 7) is 4.78. The number of aliphatic hydroxyl groups excluding tert-OH is 1. The lowest BCUT2D eigenvalue weighted by molar-refractivity contribution is -0.126. The van der Waals surface area contributed by atoms with Crippen molar-refractivity contribution in [3.63, 3.8) is 0 Å². The molecular formula is C24H38N6O5S. The summed E-state index contributed by atoms with van der Waals surface area (Å²) in [6, 6.07) is 9.10. The summed E-state index contributed by atoms with van der Waals surface area (Å²) in [4.78, 5) is 24.7. The second-order valence-corrected chi connectivity index (χ2v) is 9.57. The number of hydrogen-bond acceptors (Lipinski definition) is 9. The van der Waals surface area contributed by atoms with Gasteiger partial charge in [0.2, 0.25) is 5.91 Å². The van der Waals surface area contributed by atoms with E-state index in [9.17, 15) is 9.59 Å². The van der Waals surface area contributed by atoms with Gasteiger partial charge in [-0.2, -0.15) is 0 Å². The third kappa shape index (κ3) is 10.1. The molecule has 0 aliphatic carbocycles. The van der Waals surface area contributed by atoms with E-state index < -0.39 is 17.7 Å². The number of aliphatic hydroxyl groups is 1. The van der Waals surface area contributed by atoms with Crippen LogP contribution in [0.1, 0.15) is 50.5 Å². The van der Waals surface area contributed by atoms with Gasteiger partial charge < -0.3 is 35.5 Å². The predicted octanol–water partition coefficient (Wildman–Crippen LogP) is 2.00. The fourth-order valence-corrected chi connectivity index (χ4v) is 3.73. The molecule has 2 rings (SSSR count). The van der Waals surface area contributed by atoms with Crippen molar-refractivity contribution in [2.24, 2.45) is 5.73 Å². The highest BCUT2D eigenvalue weighted by Gasteiger charge is 2.29. The van der Waals surface area contributed by atoms with Gasteiger partial charge in [0.25, 0.3) is 0 Å². The summed E-state index contributed by atoms with van der Waals surface area (Å²) < 4.78 is 13.0. The van der Waals surface area contributed by atoms with Crippen molar-refractivity contribution >= 4 is 23.8 Å². The normalized spacial score (nSPS) is 12.2. The van der Waals surface area contributed by atoms with Crippen molar-refractivity contribution in [3.8, 4) is 0 Å². The Hall–Kier alpha value is -2.67. The van der Waals surface area contributed by atoms with Crippen LogP contribution in [0.25, 0.3) is 0 Å². The van der Waals surface area contributed by atoms with Gasteiger partial charge in [0.15, 0.2) is 11.0 Å². The molecule has 2 amide bonds. The van der Waals surface area contributed by atoms with Crippen LogP contribution in [0.5, 0.6) is 0 Å². The number of nitrogens with zero attached hydrogens (tertiary/aromatic N) is 3. The van der Waals surface area contributed by atoms with E-state index in [4.69, 9.17) is 20.3 Å². The van der Waals surface area contributed by atoms with Crippen LogP contribution in [0.15, 0.2) is 35.5 Å². The molecule has 1 unspecified atom stereocenters. The minimum Gasteiger partial charge on any atom is -0.448 e. The van der Waals surface area contributed by atoms with Crippen LogP contribution in [0.4, 0.5) is 4.79 Å². The van der Waals surface area contributed by atoms with Crippen molar-refractivity contribution in [2.45, 2.75) is 63.0 Å². The molecule has 0 radical (unpaired) electrons. The van der Waals surface area contributed by atoms with Crippen LogP contribution in [-0.4, -0.2) is 70.0 Å². The molecule has 0 spiro atoms. The fraction of sp³-hybridized carbons (Fsp3) is 0.583. The number of carbonyl (C=O) groups excluding carboxylic acids is 2. The van der Waals surface area contributed by atoms with Crippen LogP contribution in [-0.2, 0) is 27.4 Å². The van der Waals surface area contributed by atoms with Crippen molar-refractivity contribution in [1.82, 2.24) is 25.4 Å². The SMILES string of the molecule is CSc1nnc(C(COCc2ccccc2)NC(=O)C(C)(C)N)n1CCOC(=O)NCCCCCO. The molecule has 11 nitrogen and oxygen atoms in total. The quantitative estimate of drug-likeness (QED) is 0.191. The first-order valence-electron chi connectivity index (χ1n) is 12.0. The van der Waals surface area contributed by atoms with Crippen LogP contribution in [0.2, 0.25) is 0 Å². The van der Waals surface area contributed by atoms with Gasteiger partial charge in [0, 0.05) is 13.2 Å². The Balaban J connectivity index is 2.05. The second kappa shape index (κ2) is 15.4. The molecule has 1 atom stereocenters. The minimum atomic E-state index is -1.09. The Morgan fingerprint density at radius 3 is 2.61 bits per heavy atom. The van der Waals surface area contributed by atoms with E-state index in [1.807, 2.05) is 36.6 Å². The van der Waals surface area contributed by atoms with Crippen molar-refractivity contribution in [2.75, 3.05) is 32.6 Å². The molecule has 0 fully saturated rings. The molecule has 1 aromatic carbocycles. The largest absolute Gasteiger partial charge is 0.448 e. The molecule has 0 aliphatic rings. The lowest BCUT2D eigenvalue weighted by Crippen LogP contribution is -2.51. The number of ether oxygens (including phenoxy) is 2. The van der Waals surface area contributed by atoms with E-state index in [0.717, 1.165) is 18.4 Å². The van der Waals surface area contributed by atoms with Gasteiger partial charge in [0.1, 0.15) is 12.6 Å². The summed E-state index contributed by atoms with van der Waals surface area (Å²) in [5, 5.41) is 23.6. The third-order valence-corrected chi connectivity index (χ3v) is 5.85. The zero-order valence-electron chi connectivity index (χ0n) is 21.2. The molecule has 5 N–H and O–H groups in total. The van der Waals surface area contributed by atoms with E-state index in [1.165, 1.54) is 11.8 Å². The second-order valence-electron chi connectivity index (χ2n) is 8.79. The predicted molar refractivity (Wildman–Crippen MR) is 137 cm³/mol. The Bertz CT molecular complexity index is 935. The van der Waals surface area contributed by atoms with Crippen molar-refractivity contribution in [1.29, 1.82) is 0 Å². The number of hydrogen-bond donors (Lipinski definition) is 4. The number of nitrogens with one attached hydrogen (secondary N) is 2. The van der Waals surface area contributed by atoms with Gasteiger partial charge >= 0.3 is 6.09 Å². The molecule has 2 aromatic rings. The number of unbranched alkanes of at least 4 members (excludes halogenated alkanes) is 2. The van der Waals surface area contributed by atoms with Crippen molar-refractivity contribution in [3.05, 3.63) is 41.7 Å². The Kier molecular flexibility index (Phi) is 12.7. The lowest BCUT2D eigenvalue weighted by atomic mass is 10.1. The Morgan fingerprint density at radius 1 is 1.19 bits per heavy atom. The number of aromatic nitrogens is 3. The summed E-state index contributed by atoms with van der Waals surface area (Å²) in [5.74, 6) is 0.130. The number of amides is 2. The fourth-order valence-electron chi connectivity index (χ4n) is 3.20. The van der Waals surface area contributed by atoms with Gasteiger partial charge in [0.05, 0.1) is 25.3 Å². The van der Waals surface area contributed by atoms with E-state index >= 15 is 0 Å². The molecule has 0 saturated heterocycles.